The average Bonchev–Trinajstić information content (AvgIpc) is 2.72. The minimum atomic E-state index is -0.0969. The maximum Gasteiger partial charge on any atom is 0.263 e. The van der Waals surface area contributed by atoms with Gasteiger partial charge in [-0.2, -0.15) is 0 Å². The van der Waals surface area contributed by atoms with Gasteiger partial charge in [-0.25, -0.2) is 0 Å². The third kappa shape index (κ3) is 2.91. The first-order chi connectivity index (χ1) is 9.43. The van der Waals surface area contributed by atoms with Crippen LogP contribution in [0.5, 0.6) is 0 Å². The predicted molar refractivity (Wildman–Crippen MR) is 87.6 cm³/mol. The second kappa shape index (κ2) is 6.02. The molecule has 5 heteroatoms. The molecule has 1 atom stereocenters. The quantitative estimate of drug-likeness (QED) is 0.884. The van der Waals surface area contributed by atoms with E-state index in [1.165, 1.54) is 11.3 Å². The number of fused-ring (bicyclic) bond motifs is 1. The Morgan fingerprint density at radius 2 is 2.15 bits per heavy atom. The van der Waals surface area contributed by atoms with Crippen molar-refractivity contribution in [1.82, 2.24) is 5.32 Å². The fourth-order valence-corrected chi connectivity index (χ4v) is 3.54. The molecular weight excluding hydrogens is 292 g/mol. The summed E-state index contributed by atoms with van der Waals surface area (Å²) in [5.41, 5.74) is 6.63. The summed E-state index contributed by atoms with van der Waals surface area (Å²) in [5.74, 6) is 0.300. The Balaban J connectivity index is 2.33. The third-order valence-corrected chi connectivity index (χ3v) is 4.86. The predicted octanol–water partition coefficient (Wildman–Crippen LogP) is 4.30. The first-order valence-corrected chi connectivity index (χ1v) is 7.91. The van der Waals surface area contributed by atoms with E-state index < -0.39 is 0 Å². The molecule has 1 aromatic heterocycles. The number of thiophene rings is 1. The molecule has 3 N–H and O–H groups in total. The normalized spacial score (nSPS) is 12.8. The zero-order valence-corrected chi connectivity index (χ0v) is 13.4. The number of nitrogens with one attached hydrogen (secondary N) is 1. The maximum atomic E-state index is 12.4. The SMILES string of the molecule is CCC(NC(=O)c1sc2cc(Cl)ccc2c1N)C(C)C. The van der Waals surface area contributed by atoms with Crippen LogP contribution in [0.15, 0.2) is 18.2 Å². The van der Waals surface area contributed by atoms with E-state index in [4.69, 9.17) is 17.3 Å². The summed E-state index contributed by atoms with van der Waals surface area (Å²) in [6.07, 6.45) is 0.903. The van der Waals surface area contributed by atoms with Crippen molar-refractivity contribution in [3.63, 3.8) is 0 Å². The van der Waals surface area contributed by atoms with Gasteiger partial charge >= 0.3 is 0 Å². The van der Waals surface area contributed by atoms with Gasteiger partial charge in [-0.15, -0.1) is 11.3 Å². The van der Waals surface area contributed by atoms with Gasteiger partial charge in [-0.3, -0.25) is 4.79 Å². The van der Waals surface area contributed by atoms with Crippen LogP contribution in [0.3, 0.4) is 0 Å². The number of anilines is 1. The fraction of sp³-hybridized carbons (Fsp3) is 0.400. The summed E-state index contributed by atoms with van der Waals surface area (Å²) < 4.78 is 0.942. The highest BCUT2D eigenvalue weighted by Gasteiger charge is 2.20. The topological polar surface area (TPSA) is 55.1 Å². The second-order valence-corrected chi connectivity index (χ2v) is 6.71. The average molecular weight is 311 g/mol. The van der Waals surface area contributed by atoms with Crippen LogP contribution in [0, 0.1) is 5.92 Å². The first-order valence-electron chi connectivity index (χ1n) is 6.72. The standard InChI is InChI=1S/C15H19ClN2OS/c1-4-11(8(2)3)18-15(19)14-13(17)10-6-5-9(16)7-12(10)20-14/h5-8,11H,4,17H2,1-3H3,(H,18,19). The molecule has 2 rings (SSSR count). The van der Waals surface area contributed by atoms with E-state index in [0.717, 1.165) is 16.5 Å². The number of nitrogen functional groups attached to an aromatic ring is 1. The van der Waals surface area contributed by atoms with Crippen LogP contribution >= 0.6 is 22.9 Å². The molecule has 3 nitrogen and oxygen atoms in total. The lowest BCUT2D eigenvalue weighted by molar-refractivity contribution is 0.0929. The number of hydrogen-bond acceptors (Lipinski definition) is 3. The summed E-state index contributed by atoms with van der Waals surface area (Å²) >= 11 is 7.36. The van der Waals surface area contributed by atoms with Crippen molar-refractivity contribution < 1.29 is 4.79 Å². The maximum absolute atomic E-state index is 12.4. The van der Waals surface area contributed by atoms with Gasteiger partial charge < -0.3 is 11.1 Å². The van der Waals surface area contributed by atoms with Crippen molar-refractivity contribution in [2.24, 2.45) is 5.92 Å². The Morgan fingerprint density at radius 1 is 1.45 bits per heavy atom. The van der Waals surface area contributed by atoms with E-state index in [9.17, 15) is 4.79 Å². The molecule has 0 radical (unpaired) electrons. The van der Waals surface area contributed by atoms with Gasteiger partial charge in [0.25, 0.3) is 5.91 Å². The molecule has 0 spiro atoms. The molecule has 0 aliphatic heterocycles. The van der Waals surface area contributed by atoms with E-state index in [1.807, 2.05) is 12.1 Å². The van der Waals surface area contributed by atoms with Crippen molar-refractivity contribution in [2.45, 2.75) is 33.2 Å². The highest BCUT2D eigenvalue weighted by atomic mass is 35.5. The molecule has 1 unspecified atom stereocenters. The summed E-state index contributed by atoms with van der Waals surface area (Å²) in [4.78, 5) is 13.0. The number of hydrogen-bond donors (Lipinski definition) is 2. The molecule has 0 bridgehead atoms. The number of carbonyl (C=O) groups is 1. The zero-order valence-electron chi connectivity index (χ0n) is 11.9. The number of halogens is 1. The smallest absolute Gasteiger partial charge is 0.263 e. The summed E-state index contributed by atoms with van der Waals surface area (Å²) in [7, 11) is 0. The van der Waals surface area contributed by atoms with Crippen molar-refractivity contribution in [3.8, 4) is 0 Å². The first kappa shape index (κ1) is 15.1. The Hall–Kier alpha value is -1.26. The number of carbonyl (C=O) groups excluding carboxylic acids is 1. The van der Waals surface area contributed by atoms with Crippen molar-refractivity contribution in [3.05, 3.63) is 28.1 Å². The largest absolute Gasteiger partial charge is 0.397 e. The van der Waals surface area contributed by atoms with Crippen molar-refractivity contribution >= 4 is 44.6 Å². The van der Waals surface area contributed by atoms with E-state index in [2.05, 4.69) is 26.1 Å². The van der Waals surface area contributed by atoms with Gasteiger partial charge in [0.05, 0.1) is 5.69 Å². The van der Waals surface area contributed by atoms with Crippen LogP contribution in [0.2, 0.25) is 5.02 Å². The molecule has 0 fully saturated rings. The van der Waals surface area contributed by atoms with E-state index in [0.29, 0.717) is 21.5 Å². The summed E-state index contributed by atoms with van der Waals surface area (Å²) in [6, 6.07) is 5.65. The highest BCUT2D eigenvalue weighted by Crippen LogP contribution is 2.35. The summed E-state index contributed by atoms with van der Waals surface area (Å²) in [5, 5.41) is 4.60. The van der Waals surface area contributed by atoms with Crippen LogP contribution in [-0.4, -0.2) is 11.9 Å². The van der Waals surface area contributed by atoms with Crippen LogP contribution in [0.4, 0.5) is 5.69 Å². The lowest BCUT2D eigenvalue weighted by atomic mass is 10.0. The minimum absolute atomic E-state index is 0.0969. The van der Waals surface area contributed by atoms with Crippen LogP contribution in [0.25, 0.3) is 10.1 Å². The molecule has 20 heavy (non-hydrogen) atoms. The molecule has 0 saturated carbocycles. The van der Waals surface area contributed by atoms with E-state index in [1.54, 1.807) is 6.07 Å². The highest BCUT2D eigenvalue weighted by molar-refractivity contribution is 7.21. The van der Waals surface area contributed by atoms with Gasteiger partial charge in [0, 0.05) is 21.2 Å². The number of rotatable bonds is 4. The lowest BCUT2D eigenvalue weighted by Gasteiger charge is -2.20. The van der Waals surface area contributed by atoms with Gasteiger partial charge in [0.1, 0.15) is 4.88 Å². The molecule has 0 aliphatic rings. The summed E-state index contributed by atoms with van der Waals surface area (Å²) in [6.45, 7) is 6.27. The van der Waals surface area contributed by atoms with Gasteiger partial charge in [0.2, 0.25) is 0 Å². The molecule has 1 amide bonds. The van der Waals surface area contributed by atoms with Crippen LogP contribution in [-0.2, 0) is 0 Å². The fourth-order valence-electron chi connectivity index (χ4n) is 2.23. The molecule has 1 aromatic carbocycles. The Bertz CT molecular complexity index is 636. The number of benzene rings is 1. The van der Waals surface area contributed by atoms with Gasteiger partial charge in [0.15, 0.2) is 0 Å². The molecule has 2 aromatic rings. The monoisotopic (exact) mass is 310 g/mol. The Morgan fingerprint density at radius 3 is 2.75 bits per heavy atom. The molecule has 1 heterocycles. The molecular formula is C15H19ClN2OS. The van der Waals surface area contributed by atoms with Crippen molar-refractivity contribution in [2.75, 3.05) is 5.73 Å². The van der Waals surface area contributed by atoms with Gasteiger partial charge in [-0.05, 0) is 30.5 Å². The number of nitrogens with two attached hydrogens (primary N) is 1. The molecule has 108 valence electrons. The van der Waals surface area contributed by atoms with Crippen LogP contribution in [0.1, 0.15) is 36.9 Å². The van der Waals surface area contributed by atoms with E-state index >= 15 is 0 Å². The number of amides is 1. The minimum Gasteiger partial charge on any atom is -0.397 e. The molecule has 0 aliphatic carbocycles. The van der Waals surface area contributed by atoms with E-state index in [-0.39, 0.29) is 11.9 Å². The Labute approximate surface area is 128 Å². The van der Waals surface area contributed by atoms with Gasteiger partial charge in [-0.1, -0.05) is 32.4 Å². The van der Waals surface area contributed by atoms with Crippen LogP contribution < -0.4 is 11.1 Å². The second-order valence-electron chi connectivity index (χ2n) is 5.22. The zero-order chi connectivity index (χ0) is 14.9. The van der Waals surface area contributed by atoms with Crippen molar-refractivity contribution in [1.29, 1.82) is 0 Å². The Kier molecular flexibility index (Phi) is 4.55. The third-order valence-electron chi connectivity index (χ3n) is 3.46. The lowest BCUT2D eigenvalue weighted by Crippen LogP contribution is -2.37. The molecule has 0 saturated heterocycles.